The molecule has 1 atom stereocenters. The summed E-state index contributed by atoms with van der Waals surface area (Å²) in [5, 5.41) is 22.8. The SMILES string of the molecule is Nc1[nH]nc2ncc(-c3ccc(CNc4ncc(C(F)(F)F)cc4C(=O)NC(CO)c4ccc(Br)cc4)cc3)cc12. The van der Waals surface area contributed by atoms with Crippen LogP contribution in [0.15, 0.2) is 77.5 Å². The molecule has 5 rings (SSSR count). The van der Waals surface area contributed by atoms with Crippen LogP contribution in [0.4, 0.5) is 24.8 Å². The Morgan fingerprint density at radius 2 is 1.76 bits per heavy atom. The molecule has 2 aromatic carbocycles. The van der Waals surface area contributed by atoms with Crippen LogP contribution < -0.4 is 16.4 Å². The van der Waals surface area contributed by atoms with Gasteiger partial charge in [-0.25, -0.2) is 9.97 Å². The number of alkyl halides is 3. The van der Waals surface area contributed by atoms with Crippen molar-refractivity contribution in [2.24, 2.45) is 0 Å². The maximum atomic E-state index is 13.5. The van der Waals surface area contributed by atoms with Gasteiger partial charge in [0.25, 0.3) is 5.91 Å². The first-order valence-electron chi connectivity index (χ1n) is 12.3. The number of aromatic amines is 1. The van der Waals surface area contributed by atoms with Gasteiger partial charge in [0.1, 0.15) is 11.6 Å². The molecule has 0 radical (unpaired) electrons. The number of halogens is 4. The number of amides is 1. The molecule has 0 fully saturated rings. The lowest BCUT2D eigenvalue weighted by molar-refractivity contribution is -0.137. The average molecular weight is 626 g/mol. The van der Waals surface area contributed by atoms with E-state index >= 15 is 0 Å². The van der Waals surface area contributed by atoms with Gasteiger partial charge in [-0.3, -0.25) is 9.89 Å². The van der Waals surface area contributed by atoms with E-state index in [1.165, 1.54) is 0 Å². The van der Waals surface area contributed by atoms with Crippen molar-refractivity contribution in [1.82, 2.24) is 25.5 Å². The van der Waals surface area contributed by atoms with Gasteiger partial charge in [-0.2, -0.15) is 18.3 Å². The van der Waals surface area contributed by atoms with Gasteiger partial charge < -0.3 is 21.5 Å². The lowest BCUT2D eigenvalue weighted by Crippen LogP contribution is -2.31. The number of aromatic nitrogens is 4. The fraction of sp³-hybridized carbons (Fsp3) is 0.143. The molecule has 0 bridgehead atoms. The van der Waals surface area contributed by atoms with Gasteiger partial charge in [0, 0.05) is 29.0 Å². The molecule has 3 heterocycles. The Balaban J connectivity index is 1.35. The number of nitrogens with one attached hydrogen (secondary N) is 3. The molecule has 0 aliphatic rings. The standard InChI is InChI=1S/C28H23BrF3N7O2/c29-20-7-5-17(6-8-20)23(14-40)37-27(41)22-10-19(28(30,31)32)13-36-25(22)34-11-15-1-3-16(4-2-15)18-9-21-24(33)38-39-26(21)35-12-18/h1-10,12-13,23,40H,11,14H2,(H,34,36)(H,37,41)(H3,33,35,38,39). The van der Waals surface area contributed by atoms with Crippen molar-refractivity contribution >= 4 is 44.5 Å². The molecular weight excluding hydrogens is 603 g/mol. The van der Waals surface area contributed by atoms with Crippen molar-refractivity contribution < 1.29 is 23.1 Å². The Hall–Kier alpha value is -4.49. The number of anilines is 2. The van der Waals surface area contributed by atoms with Gasteiger partial charge in [-0.15, -0.1) is 0 Å². The van der Waals surface area contributed by atoms with E-state index in [0.29, 0.717) is 28.6 Å². The van der Waals surface area contributed by atoms with E-state index in [-0.39, 0.29) is 17.9 Å². The molecular formula is C28H23BrF3N7O2. The zero-order valence-corrected chi connectivity index (χ0v) is 22.8. The number of H-pyrrole nitrogens is 1. The fourth-order valence-electron chi connectivity index (χ4n) is 4.18. The first kappa shape index (κ1) is 28.1. The van der Waals surface area contributed by atoms with Gasteiger partial charge in [0.2, 0.25) is 0 Å². The van der Waals surface area contributed by atoms with Crippen molar-refractivity contribution in [2.75, 3.05) is 17.7 Å². The lowest BCUT2D eigenvalue weighted by Gasteiger charge is -2.19. The summed E-state index contributed by atoms with van der Waals surface area (Å²) in [6.45, 7) is -0.272. The minimum atomic E-state index is -4.70. The molecule has 0 aliphatic carbocycles. The van der Waals surface area contributed by atoms with Crippen LogP contribution in [0, 0.1) is 0 Å². The number of aliphatic hydroxyl groups is 1. The number of benzene rings is 2. The van der Waals surface area contributed by atoms with Crippen LogP contribution in [-0.2, 0) is 12.7 Å². The third-order valence-electron chi connectivity index (χ3n) is 6.41. The summed E-state index contributed by atoms with van der Waals surface area (Å²) >= 11 is 3.32. The summed E-state index contributed by atoms with van der Waals surface area (Å²) in [5.41, 5.74) is 8.13. The Morgan fingerprint density at radius 3 is 2.44 bits per heavy atom. The van der Waals surface area contributed by atoms with Crippen molar-refractivity contribution in [3.05, 3.63) is 99.8 Å². The Labute approximate surface area is 240 Å². The number of pyridine rings is 2. The van der Waals surface area contributed by atoms with Gasteiger partial charge in [0.05, 0.1) is 29.2 Å². The third kappa shape index (κ3) is 6.31. The topological polar surface area (TPSA) is 142 Å². The monoisotopic (exact) mass is 625 g/mol. The molecule has 1 unspecified atom stereocenters. The summed E-state index contributed by atoms with van der Waals surface area (Å²) in [6.07, 6.45) is -2.34. The number of fused-ring (bicyclic) bond motifs is 1. The van der Waals surface area contributed by atoms with E-state index in [1.54, 1.807) is 30.5 Å². The Bertz CT molecular complexity index is 1690. The normalized spacial score (nSPS) is 12.3. The van der Waals surface area contributed by atoms with Crippen LogP contribution in [0.1, 0.15) is 33.1 Å². The van der Waals surface area contributed by atoms with E-state index in [9.17, 15) is 23.1 Å². The highest BCUT2D eigenvalue weighted by Gasteiger charge is 2.33. The number of carbonyl (C=O) groups is 1. The zero-order valence-electron chi connectivity index (χ0n) is 21.2. The van der Waals surface area contributed by atoms with Crippen LogP contribution >= 0.6 is 15.9 Å². The highest BCUT2D eigenvalue weighted by atomic mass is 79.9. The predicted octanol–water partition coefficient (Wildman–Crippen LogP) is 5.46. The van der Waals surface area contributed by atoms with E-state index in [1.807, 2.05) is 30.3 Å². The molecule has 6 N–H and O–H groups in total. The van der Waals surface area contributed by atoms with Gasteiger partial charge in [-0.1, -0.05) is 52.3 Å². The molecule has 210 valence electrons. The van der Waals surface area contributed by atoms with E-state index < -0.39 is 30.3 Å². The molecule has 5 aromatic rings. The number of nitrogens with two attached hydrogens (primary N) is 1. The van der Waals surface area contributed by atoms with Crippen molar-refractivity contribution in [3.8, 4) is 11.1 Å². The van der Waals surface area contributed by atoms with Gasteiger partial charge >= 0.3 is 6.18 Å². The molecule has 3 aromatic heterocycles. The highest BCUT2D eigenvalue weighted by molar-refractivity contribution is 9.10. The molecule has 0 spiro atoms. The quantitative estimate of drug-likeness (QED) is 0.154. The maximum Gasteiger partial charge on any atom is 0.417 e. The molecule has 0 saturated carbocycles. The largest absolute Gasteiger partial charge is 0.417 e. The minimum Gasteiger partial charge on any atom is -0.394 e. The molecule has 0 saturated heterocycles. The molecule has 0 aliphatic heterocycles. The number of hydrogen-bond donors (Lipinski definition) is 5. The highest BCUT2D eigenvalue weighted by Crippen LogP contribution is 2.31. The third-order valence-corrected chi connectivity index (χ3v) is 6.93. The first-order chi connectivity index (χ1) is 19.6. The zero-order chi connectivity index (χ0) is 29.1. The molecule has 41 heavy (non-hydrogen) atoms. The predicted molar refractivity (Wildman–Crippen MR) is 152 cm³/mol. The minimum absolute atomic E-state index is 0.0304. The summed E-state index contributed by atoms with van der Waals surface area (Å²) < 4.78 is 41.2. The number of rotatable bonds is 8. The molecule has 1 amide bonds. The van der Waals surface area contributed by atoms with Crippen molar-refractivity contribution in [3.63, 3.8) is 0 Å². The van der Waals surface area contributed by atoms with E-state index in [4.69, 9.17) is 5.73 Å². The number of nitrogens with zero attached hydrogens (tertiary/aromatic N) is 3. The van der Waals surface area contributed by atoms with Crippen molar-refractivity contribution in [2.45, 2.75) is 18.8 Å². The second kappa shape index (κ2) is 11.6. The first-order valence-corrected chi connectivity index (χ1v) is 13.1. The summed E-state index contributed by atoms with van der Waals surface area (Å²) in [4.78, 5) is 21.4. The smallest absolute Gasteiger partial charge is 0.394 e. The van der Waals surface area contributed by atoms with Gasteiger partial charge in [-0.05, 0) is 41.0 Å². The summed E-state index contributed by atoms with van der Waals surface area (Å²) in [6, 6.07) is 16.0. The van der Waals surface area contributed by atoms with Crippen molar-refractivity contribution in [1.29, 1.82) is 0 Å². The Kier molecular flexibility index (Phi) is 7.90. The molecule has 13 heteroatoms. The number of hydrogen-bond acceptors (Lipinski definition) is 7. The summed E-state index contributed by atoms with van der Waals surface area (Å²) in [7, 11) is 0. The Morgan fingerprint density at radius 1 is 1.02 bits per heavy atom. The maximum absolute atomic E-state index is 13.5. The number of aliphatic hydroxyl groups excluding tert-OH is 1. The summed E-state index contributed by atoms with van der Waals surface area (Å²) in [5.74, 6) is -0.428. The number of carbonyl (C=O) groups excluding carboxylic acids is 1. The van der Waals surface area contributed by atoms with Gasteiger partial charge in [0.15, 0.2) is 5.65 Å². The van der Waals surface area contributed by atoms with Crippen LogP contribution in [0.2, 0.25) is 0 Å². The van der Waals surface area contributed by atoms with Crippen LogP contribution in [0.5, 0.6) is 0 Å². The van der Waals surface area contributed by atoms with Crippen LogP contribution in [0.25, 0.3) is 22.2 Å². The number of nitrogen functional groups attached to an aromatic ring is 1. The fourth-order valence-corrected chi connectivity index (χ4v) is 4.44. The van der Waals surface area contributed by atoms with E-state index in [2.05, 4.69) is 46.7 Å². The molecule has 9 nitrogen and oxygen atoms in total. The van der Waals surface area contributed by atoms with Crippen LogP contribution in [-0.4, -0.2) is 37.8 Å². The lowest BCUT2D eigenvalue weighted by atomic mass is 10.0. The van der Waals surface area contributed by atoms with E-state index in [0.717, 1.165) is 27.2 Å². The second-order valence-electron chi connectivity index (χ2n) is 9.16. The van der Waals surface area contributed by atoms with Crippen LogP contribution in [0.3, 0.4) is 0 Å². The second-order valence-corrected chi connectivity index (χ2v) is 10.1. The average Bonchev–Trinajstić information content (AvgIpc) is 3.34.